The van der Waals surface area contributed by atoms with Gasteiger partial charge in [-0.15, -0.1) is 0 Å². The largest absolute Gasteiger partial charge is 0.387 e. The third-order valence-electron chi connectivity index (χ3n) is 2.81. The zero-order valence-electron chi connectivity index (χ0n) is 9.76. The molecular formula is C12H18N2O2. The van der Waals surface area contributed by atoms with Crippen molar-refractivity contribution in [3.8, 4) is 0 Å². The molecule has 4 nitrogen and oxygen atoms in total. The van der Waals surface area contributed by atoms with Gasteiger partial charge in [0.25, 0.3) is 0 Å². The summed E-state index contributed by atoms with van der Waals surface area (Å²) in [6.45, 7) is 6.36. The van der Waals surface area contributed by atoms with Crippen LogP contribution in [0.1, 0.15) is 25.6 Å². The molecule has 2 rings (SSSR count). The fraction of sp³-hybridized carbons (Fsp3) is 0.583. The topological polar surface area (TPSA) is 45.6 Å². The van der Waals surface area contributed by atoms with Crippen LogP contribution in [0.2, 0.25) is 0 Å². The summed E-state index contributed by atoms with van der Waals surface area (Å²) < 4.78 is 5.49. The summed E-state index contributed by atoms with van der Waals surface area (Å²) in [7, 11) is 0. The first-order valence-electron chi connectivity index (χ1n) is 5.67. The highest BCUT2D eigenvalue weighted by atomic mass is 16.5. The van der Waals surface area contributed by atoms with Crippen LogP contribution in [0.3, 0.4) is 0 Å². The van der Waals surface area contributed by atoms with E-state index in [9.17, 15) is 5.11 Å². The molecule has 0 amide bonds. The second kappa shape index (κ2) is 4.80. The minimum Gasteiger partial charge on any atom is -0.387 e. The highest BCUT2D eigenvalue weighted by Crippen LogP contribution is 2.18. The van der Waals surface area contributed by atoms with Gasteiger partial charge in [0.1, 0.15) is 0 Å². The molecule has 2 heterocycles. The number of morpholine rings is 1. The Morgan fingerprint density at radius 1 is 1.56 bits per heavy atom. The van der Waals surface area contributed by atoms with Gasteiger partial charge in [0, 0.05) is 13.1 Å². The van der Waals surface area contributed by atoms with E-state index in [1.165, 1.54) is 0 Å². The van der Waals surface area contributed by atoms with Gasteiger partial charge in [-0.25, -0.2) is 0 Å². The lowest BCUT2D eigenvalue weighted by atomic mass is 10.2. The van der Waals surface area contributed by atoms with Gasteiger partial charge in [0.05, 0.1) is 36.4 Å². The fourth-order valence-electron chi connectivity index (χ4n) is 1.88. The number of pyridine rings is 1. The third kappa shape index (κ3) is 2.51. The zero-order valence-corrected chi connectivity index (χ0v) is 9.76. The number of anilines is 1. The number of ether oxygens (including phenoxy) is 1. The van der Waals surface area contributed by atoms with Crippen LogP contribution < -0.4 is 4.90 Å². The van der Waals surface area contributed by atoms with E-state index in [0.29, 0.717) is 5.69 Å². The summed E-state index contributed by atoms with van der Waals surface area (Å²) in [5.41, 5.74) is 1.81. The van der Waals surface area contributed by atoms with Gasteiger partial charge >= 0.3 is 0 Å². The second-order valence-corrected chi connectivity index (χ2v) is 4.24. The average Bonchev–Trinajstić information content (AvgIpc) is 2.29. The molecule has 0 radical (unpaired) electrons. The van der Waals surface area contributed by atoms with Crippen LogP contribution in [0.4, 0.5) is 5.69 Å². The minimum absolute atomic E-state index is 0.269. The van der Waals surface area contributed by atoms with E-state index in [4.69, 9.17) is 4.74 Å². The first kappa shape index (κ1) is 11.4. The van der Waals surface area contributed by atoms with Crippen LogP contribution >= 0.6 is 0 Å². The number of rotatable bonds is 2. The van der Waals surface area contributed by atoms with E-state index in [1.807, 2.05) is 18.3 Å². The monoisotopic (exact) mass is 222 g/mol. The van der Waals surface area contributed by atoms with Crippen molar-refractivity contribution in [3.63, 3.8) is 0 Å². The van der Waals surface area contributed by atoms with Gasteiger partial charge in [0.2, 0.25) is 0 Å². The highest BCUT2D eigenvalue weighted by Gasteiger charge is 2.17. The SMILES string of the molecule is CC1CN(c2ccc([C@@H](C)O)nc2)CCO1. The molecule has 1 aliphatic rings. The first-order chi connectivity index (χ1) is 7.66. The minimum atomic E-state index is -0.502. The van der Waals surface area contributed by atoms with E-state index in [1.54, 1.807) is 6.92 Å². The van der Waals surface area contributed by atoms with Gasteiger partial charge in [-0.1, -0.05) is 0 Å². The summed E-state index contributed by atoms with van der Waals surface area (Å²) in [5, 5.41) is 9.37. The molecule has 16 heavy (non-hydrogen) atoms. The summed E-state index contributed by atoms with van der Waals surface area (Å²) in [4.78, 5) is 6.50. The van der Waals surface area contributed by atoms with Crippen molar-refractivity contribution in [1.82, 2.24) is 4.98 Å². The molecule has 1 aromatic rings. The summed E-state index contributed by atoms with van der Waals surface area (Å²) in [6, 6.07) is 3.88. The molecule has 1 fully saturated rings. The molecule has 1 saturated heterocycles. The van der Waals surface area contributed by atoms with Crippen LogP contribution in [-0.4, -0.2) is 35.9 Å². The van der Waals surface area contributed by atoms with Crippen molar-refractivity contribution >= 4 is 5.69 Å². The van der Waals surface area contributed by atoms with Crippen molar-refractivity contribution in [2.75, 3.05) is 24.6 Å². The first-order valence-corrected chi connectivity index (χ1v) is 5.67. The Kier molecular flexibility index (Phi) is 3.41. The van der Waals surface area contributed by atoms with Crippen molar-refractivity contribution in [2.24, 2.45) is 0 Å². The average molecular weight is 222 g/mol. The summed E-state index contributed by atoms with van der Waals surface area (Å²) >= 11 is 0. The van der Waals surface area contributed by atoms with Crippen LogP contribution in [0.5, 0.6) is 0 Å². The van der Waals surface area contributed by atoms with Gasteiger partial charge in [0.15, 0.2) is 0 Å². The van der Waals surface area contributed by atoms with Gasteiger partial charge in [-0.2, -0.15) is 0 Å². The molecule has 0 aromatic carbocycles. The summed E-state index contributed by atoms with van der Waals surface area (Å²) in [5.74, 6) is 0. The molecule has 0 bridgehead atoms. The van der Waals surface area contributed by atoms with Crippen molar-refractivity contribution in [1.29, 1.82) is 0 Å². The van der Waals surface area contributed by atoms with Gasteiger partial charge < -0.3 is 14.7 Å². The van der Waals surface area contributed by atoms with E-state index in [-0.39, 0.29) is 6.10 Å². The fourth-order valence-corrected chi connectivity index (χ4v) is 1.88. The molecule has 1 aromatic heterocycles. The Bertz CT molecular complexity index is 337. The normalized spacial score (nSPS) is 23.2. The maximum atomic E-state index is 9.37. The molecule has 0 aliphatic carbocycles. The van der Waals surface area contributed by atoms with Crippen molar-refractivity contribution < 1.29 is 9.84 Å². The Morgan fingerprint density at radius 3 is 2.94 bits per heavy atom. The number of hydrogen-bond acceptors (Lipinski definition) is 4. The predicted molar refractivity (Wildman–Crippen MR) is 62.5 cm³/mol. The van der Waals surface area contributed by atoms with Crippen LogP contribution in [-0.2, 0) is 4.74 Å². The van der Waals surface area contributed by atoms with E-state index in [2.05, 4.69) is 16.8 Å². The standard InChI is InChI=1S/C12H18N2O2/c1-9-8-14(5-6-16-9)11-3-4-12(10(2)15)13-7-11/h3-4,7,9-10,15H,5-6,8H2,1-2H3/t9?,10-/m1/s1. The van der Waals surface area contributed by atoms with Crippen molar-refractivity contribution in [3.05, 3.63) is 24.0 Å². The molecule has 88 valence electrons. The Morgan fingerprint density at radius 2 is 2.38 bits per heavy atom. The van der Waals surface area contributed by atoms with Gasteiger partial charge in [-0.05, 0) is 26.0 Å². The molecule has 1 N–H and O–H groups in total. The zero-order chi connectivity index (χ0) is 11.5. The molecule has 1 aliphatic heterocycles. The smallest absolute Gasteiger partial charge is 0.0931 e. The third-order valence-corrected chi connectivity index (χ3v) is 2.81. The molecular weight excluding hydrogens is 204 g/mol. The van der Waals surface area contributed by atoms with E-state index in [0.717, 1.165) is 25.4 Å². The maximum absolute atomic E-state index is 9.37. The number of aromatic nitrogens is 1. The lowest BCUT2D eigenvalue weighted by molar-refractivity contribution is 0.0532. The van der Waals surface area contributed by atoms with Crippen LogP contribution in [0.25, 0.3) is 0 Å². The predicted octanol–water partition coefficient (Wildman–Crippen LogP) is 1.36. The molecule has 2 atom stereocenters. The lowest BCUT2D eigenvalue weighted by Gasteiger charge is -2.32. The number of aliphatic hydroxyl groups is 1. The number of aliphatic hydroxyl groups excluding tert-OH is 1. The number of hydrogen-bond donors (Lipinski definition) is 1. The Hall–Kier alpha value is -1.13. The van der Waals surface area contributed by atoms with Gasteiger partial charge in [-0.3, -0.25) is 4.98 Å². The summed E-state index contributed by atoms with van der Waals surface area (Å²) in [6.07, 6.45) is 1.59. The lowest BCUT2D eigenvalue weighted by Crippen LogP contribution is -2.41. The molecule has 0 saturated carbocycles. The molecule has 0 spiro atoms. The van der Waals surface area contributed by atoms with Crippen LogP contribution in [0, 0.1) is 0 Å². The Labute approximate surface area is 95.9 Å². The highest BCUT2D eigenvalue weighted by molar-refractivity contribution is 5.45. The molecule has 4 heteroatoms. The Balaban J connectivity index is 2.09. The van der Waals surface area contributed by atoms with Crippen LogP contribution in [0.15, 0.2) is 18.3 Å². The van der Waals surface area contributed by atoms with Crippen molar-refractivity contribution in [2.45, 2.75) is 26.1 Å². The molecule has 1 unspecified atom stereocenters. The quantitative estimate of drug-likeness (QED) is 0.820. The van der Waals surface area contributed by atoms with E-state index < -0.39 is 6.10 Å². The van der Waals surface area contributed by atoms with E-state index >= 15 is 0 Å². The maximum Gasteiger partial charge on any atom is 0.0931 e. The second-order valence-electron chi connectivity index (χ2n) is 4.24. The number of nitrogens with zero attached hydrogens (tertiary/aromatic N) is 2.